The number of ether oxygens (including phenoxy) is 3. The van der Waals surface area contributed by atoms with Gasteiger partial charge in [-0.3, -0.25) is 23.4 Å². The van der Waals surface area contributed by atoms with E-state index in [-0.39, 0.29) is 69.4 Å². The standard InChI is InChI=1S/C46H59N4O11P/c1-33(2)50(34(3)4)62(55,59-32-8-28-47)61-41-26-29-48(30-27-41)42(51)9-7-31-58-46(37-15-19-39(56-5)20-16-37,38-17-21-40(57-6)22-18-38)36-13-10-35(11-14-36)12-25-45(54)60-49-43(52)23-24-44(49)53/h10-11,13-22,33-34,41H,7-9,12,23-27,29-32H2,1-6H3. The molecule has 0 aromatic heterocycles. The minimum Gasteiger partial charge on any atom is -0.497 e. The molecule has 0 aliphatic carbocycles. The quantitative estimate of drug-likeness (QED) is 0.0421. The lowest BCUT2D eigenvalue weighted by atomic mass is 9.79. The monoisotopic (exact) mass is 874 g/mol. The molecule has 0 N–H and O–H groups in total. The summed E-state index contributed by atoms with van der Waals surface area (Å²) in [6, 6.07) is 24.7. The topological polar surface area (TPSA) is 174 Å². The van der Waals surface area contributed by atoms with E-state index in [2.05, 4.69) is 0 Å². The highest BCUT2D eigenvalue weighted by Crippen LogP contribution is 2.56. The third kappa shape index (κ3) is 11.9. The number of hydrogen-bond acceptors (Lipinski definition) is 12. The Morgan fingerprint density at radius 2 is 1.32 bits per heavy atom. The van der Waals surface area contributed by atoms with Crippen molar-refractivity contribution in [1.82, 2.24) is 14.6 Å². The number of rotatable bonds is 22. The van der Waals surface area contributed by atoms with E-state index in [1.807, 2.05) is 107 Å². The smallest absolute Gasteiger partial charge is 0.408 e. The molecule has 2 fully saturated rings. The molecule has 1 atom stereocenters. The molecule has 0 saturated carbocycles. The SMILES string of the molecule is COc1ccc(C(OCCCC(=O)N2CCC(OP(=O)(OCCC#N)N(C(C)C)C(C)C)CC2)(c2ccc(CCC(=O)ON3C(=O)CCC3=O)cc2)c2ccc(OC)cc2)cc1. The van der Waals surface area contributed by atoms with E-state index >= 15 is 0 Å². The van der Waals surface area contributed by atoms with Crippen LogP contribution in [0.4, 0.5) is 0 Å². The largest absolute Gasteiger partial charge is 0.497 e. The summed E-state index contributed by atoms with van der Waals surface area (Å²) in [5.74, 6) is -0.413. The Morgan fingerprint density at radius 3 is 1.81 bits per heavy atom. The second kappa shape index (κ2) is 22.3. The first-order valence-electron chi connectivity index (χ1n) is 21.2. The number of nitrogens with zero attached hydrogens (tertiary/aromatic N) is 4. The molecule has 3 aromatic rings. The van der Waals surface area contributed by atoms with Gasteiger partial charge in [-0.05, 0) is 99.9 Å². The van der Waals surface area contributed by atoms with E-state index in [0.29, 0.717) is 55.3 Å². The number of hydroxylamine groups is 2. The molecule has 3 amide bonds. The Balaban J connectivity index is 1.29. The Labute approximate surface area is 364 Å². The molecule has 62 heavy (non-hydrogen) atoms. The number of amides is 3. The average Bonchev–Trinajstić information content (AvgIpc) is 3.58. The molecule has 16 heteroatoms. The second-order valence-corrected chi connectivity index (χ2v) is 17.7. The van der Waals surface area contributed by atoms with E-state index in [0.717, 1.165) is 22.3 Å². The highest BCUT2D eigenvalue weighted by atomic mass is 31.2. The molecular formula is C46H59N4O11P. The Kier molecular flexibility index (Phi) is 17.3. The zero-order chi connectivity index (χ0) is 44.9. The van der Waals surface area contributed by atoms with Crippen molar-refractivity contribution >= 4 is 31.4 Å². The van der Waals surface area contributed by atoms with Crippen LogP contribution in [0.1, 0.15) is 101 Å². The number of piperidine rings is 1. The highest BCUT2D eigenvalue weighted by Gasteiger charge is 2.42. The van der Waals surface area contributed by atoms with Crippen molar-refractivity contribution in [3.8, 4) is 17.6 Å². The van der Waals surface area contributed by atoms with Crippen molar-refractivity contribution in [1.29, 1.82) is 5.26 Å². The fourth-order valence-electron chi connectivity index (χ4n) is 7.89. The van der Waals surface area contributed by atoms with Crippen LogP contribution in [0.5, 0.6) is 11.5 Å². The zero-order valence-corrected chi connectivity index (χ0v) is 37.5. The Morgan fingerprint density at radius 1 is 0.806 bits per heavy atom. The maximum atomic E-state index is 14.2. The van der Waals surface area contributed by atoms with Gasteiger partial charge in [0.2, 0.25) is 5.91 Å². The first-order chi connectivity index (χ1) is 29.7. The van der Waals surface area contributed by atoms with Crippen molar-refractivity contribution in [2.75, 3.05) is 40.5 Å². The van der Waals surface area contributed by atoms with Gasteiger partial charge in [0.15, 0.2) is 0 Å². The number of benzene rings is 3. The molecule has 15 nitrogen and oxygen atoms in total. The average molecular weight is 875 g/mol. The second-order valence-electron chi connectivity index (χ2n) is 15.8. The van der Waals surface area contributed by atoms with E-state index in [1.165, 1.54) is 0 Å². The van der Waals surface area contributed by atoms with Gasteiger partial charge in [-0.25, -0.2) is 14.0 Å². The van der Waals surface area contributed by atoms with Gasteiger partial charge in [-0.2, -0.15) is 5.26 Å². The number of carbonyl (C=O) groups is 4. The summed E-state index contributed by atoms with van der Waals surface area (Å²) in [6.45, 7) is 8.81. The predicted octanol–water partition coefficient (Wildman–Crippen LogP) is 7.50. The number of methoxy groups -OCH3 is 2. The van der Waals surface area contributed by atoms with Crippen LogP contribution in [0, 0.1) is 11.3 Å². The van der Waals surface area contributed by atoms with E-state index < -0.39 is 31.1 Å². The Bertz CT molecular complexity index is 1990. The van der Waals surface area contributed by atoms with Gasteiger partial charge in [-0.1, -0.05) is 48.5 Å². The van der Waals surface area contributed by atoms with Crippen LogP contribution in [-0.2, 0) is 54.4 Å². The number of carbonyl (C=O) groups excluding carboxylic acids is 4. The van der Waals surface area contributed by atoms with Crippen LogP contribution in [0.3, 0.4) is 0 Å². The molecule has 0 radical (unpaired) electrons. The molecule has 3 aromatic carbocycles. The van der Waals surface area contributed by atoms with Gasteiger partial charge in [0.05, 0.1) is 45.8 Å². The molecular weight excluding hydrogens is 815 g/mol. The molecule has 2 aliphatic rings. The van der Waals surface area contributed by atoms with Crippen LogP contribution in [0.2, 0.25) is 0 Å². The van der Waals surface area contributed by atoms with Gasteiger partial charge < -0.3 is 23.9 Å². The number of hydrogen-bond donors (Lipinski definition) is 0. The maximum absolute atomic E-state index is 14.2. The van der Waals surface area contributed by atoms with Crippen molar-refractivity contribution in [2.45, 2.75) is 109 Å². The minimum atomic E-state index is -3.72. The van der Waals surface area contributed by atoms with E-state index in [9.17, 15) is 23.7 Å². The van der Waals surface area contributed by atoms with Crippen molar-refractivity contribution in [2.24, 2.45) is 0 Å². The molecule has 2 heterocycles. The van der Waals surface area contributed by atoms with Crippen LogP contribution >= 0.6 is 7.75 Å². The number of likely N-dealkylation sites (tertiary alicyclic amines) is 1. The number of aryl methyl sites for hydroxylation is 1. The lowest BCUT2D eigenvalue weighted by Gasteiger charge is -2.39. The van der Waals surface area contributed by atoms with Crippen molar-refractivity contribution in [3.63, 3.8) is 0 Å². The van der Waals surface area contributed by atoms with Crippen molar-refractivity contribution in [3.05, 3.63) is 95.1 Å². The molecule has 2 saturated heterocycles. The lowest BCUT2D eigenvalue weighted by molar-refractivity contribution is -0.197. The fraction of sp³-hybridized carbons (Fsp3) is 0.500. The summed E-state index contributed by atoms with van der Waals surface area (Å²) in [7, 11) is -0.518. The van der Waals surface area contributed by atoms with Crippen LogP contribution < -0.4 is 9.47 Å². The zero-order valence-electron chi connectivity index (χ0n) is 36.6. The normalized spacial score (nSPS) is 15.9. The molecule has 1 unspecified atom stereocenters. The lowest BCUT2D eigenvalue weighted by Crippen LogP contribution is -2.42. The third-order valence-corrected chi connectivity index (χ3v) is 13.5. The fourth-order valence-corrected chi connectivity index (χ4v) is 10.2. The summed E-state index contributed by atoms with van der Waals surface area (Å²) in [6.07, 6.45) is 1.67. The van der Waals surface area contributed by atoms with Crippen LogP contribution in [0.15, 0.2) is 72.8 Å². The summed E-state index contributed by atoms with van der Waals surface area (Å²) < 4.78 is 45.9. The maximum Gasteiger partial charge on any atom is 0.408 e. The van der Waals surface area contributed by atoms with E-state index in [1.54, 1.807) is 23.8 Å². The van der Waals surface area contributed by atoms with Gasteiger partial charge >= 0.3 is 13.7 Å². The van der Waals surface area contributed by atoms with Crippen LogP contribution in [0.25, 0.3) is 0 Å². The molecule has 5 rings (SSSR count). The highest BCUT2D eigenvalue weighted by molar-refractivity contribution is 7.51. The van der Waals surface area contributed by atoms with Crippen molar-refractivity contribution < 1.29 is 51.8 Å². The molecule has 0 bridgehead atoms. The molecule has 2 aliphatic heterocycles. The first kappa shape index (κ1) is 47.9. The molecule has 0 spiro atoms. The minimum absolute atomic E-state index is 0.000628. The number of nitriles is 1. The van der Waals surface area contributed by atoms with Gasteiger partial charge in [0.25, 0.3) is 11.8 Å². The van der Waals surface area contributed by atoms with E-state index in [4.69, 9.17) is 33.4 Å². The molecule has 334 valence electrons. The first-order valence-corrected chi connectivity index (χ1v) is 22.7. The summed E-state index contributed by atoms with van der Waals surface area (Å²) in [5.41, 5.74) is 2.11. The summed E-state index contributed by atoms with van der Waals surface area (Å²) in [4.78, 5) is 56.9. The van der Waals surface area contributed by atoms with Gasteiger partial charge in [0, 0.05) is 51.0 Å². The third-order valence-electron chi connectivity index (χ3n) is 10.9. The number of imide groups is 1. The van der Waals surface area contributed by atoms with Gasteiger partial charge in [-0.15, -0.1) is 5.06 Å². The van der Waals surface area contributed by atoms with Gasteiger partial charge in [0.1, 0.15) is 17.1 Å². The summed E-state index contributed by atoms with van der Waals surface area (Å²) >= 11 is 0. The predicted molar refractivity (Wildman–Crippen MR) is 230 cm³/mol. The van der Waals surface area contributed by atoms with Crippen LogP contribution in [-0.4, -0.2) is 97.0 Å². The summed E-state index contributed by atoms with van der Waals surface area (Å²) in [5, 5.41) is 9.61. The Hall–Kier alpha value is -5.10.